The van der Waals surface area contributed by atoms with Gasteiger partial charge in [0.15, 0.2) is 0 Å². The lowest BCUT2D eigenvalue weighted by Gasteiger charge is -2.44. The van der Waals surface area contributed by atoms with Crippen LogP contribution in [0.2, 0.25) is 0 Å². The van der Waals surface area contributed by atoms with E-state index < -0.39 is 0 Å². The van der Waals surface area contributed by atoms with Gasteiger partial charge in [0.25, 0.3) is 11.7 Å². The Morgan fingerprint density at radius 1 is 0.720 bits per heavy atom. The number of rotatable bonds is 5. The van der Waals surface area contributed by atoms with Gasteiger partial charge in [0.2, 0.25) is 0 Å². The first-order valence-corrected chi connectivity index (χ1v) is 18.4. The number of anilines is 2. The van der Waals surface area contributed by atoms with Crippen molar-refractivity contribution in [2.45, 2.75) is 36.0 Å². The normalized spacial score (nSPS) is 22.8. The third-order valence-electron chi connectivity index (χ3n) is 11.0. The third-order valence-corrected chi connectivity index (χ3v) is 12.6. The highest BCUT2D eigenvalue weighted by atomic mass is 32.2. The van der Waals surface area contributed by atoms with Gasteiger partial charge < -0.3 is 4.90 Å². The summed E-state index contributed by atoms with van der Waals surface area (Å²) in [4.78, 5) is 9.14. The molecule has 5 aromatic rings. The van der Waals surface area contributed by atoms with Gasteiger partial charge in [0.1, 0.15) is 5.69 Å². The largest absolute Gasteiger partial charge is 0.329 e. The van der Waals surface area contributed by atoms with Crippen molar-refractivity contribution in [2.24, 2.45) is 10.9 Å². The van der Waals surface area contributed by atoms with Crippen molar-refractivity contribution in [2.75, 3.05) is 4.90 Å². The predicted octanol–water partition coefficient (Wildman–Crippen LogP) is 11.2. The summed E-state index contributed by atoms with van der Waals surface area (Å²) in [6, 6.07) is 46.5. The van der Waals surface area contributed by atoms with E-state index in [-0.39, 0.29) is 10.8 Å². The van der Waals surface area contributed by atoms with E-state index in [9.17, 15) is 0 Å². The zero-order chi connectivity index (χ0) is 33.4. The Kier molecular flexibility index (Phi) is 6.66. The summed E-state index contributed by atoms with van der Waals surface area (Å²) in [5.74, 6) is 2.46. The van der Waals surface area contributed by atoms with Crippen molar-refractivity contribution in [3.8, 4) is 11.1 Å². The van der Waals surface area contributed by atoms with E-state index >= 15 is 0 Å². The molecule has 3 unspecified atom stereocenters. The molecule has 0 amide bonds. The van der Waals surface area contributed by atoms with Crippen LogP contribution in [0.15, 0.2) is 173 Å². The van der Waals surface area contributed by atoms with Crippen molar-refractivity contribution in [3.05, 3.63) is 180 Å². The van der Waals surface area contributed by atoms with Gasteiger partial charge in [-0.05, 0) is 95.6 Å². The lowest BCUT2D eigenvalue weighted by Crippen LogP contribution is -2.49. The van der Waals surface area contributed by atoms with Gasteiger partial charge in [-0.2, -0.15) is 4.58 Å². The Morgan fingerprint density at radius 3 is 2.24 bits per heavy atom. The molecule has 3 nitrogen and oxygen atoms in total. The second-order valence-electron chi connectivity index (χ2n) is 13.9. The number of hydrogen-bond donors (Lipinski definition) is 0. The van der Waals surface area contributed by atoms with Crippen LogP contribution in [-0.2, 0) is 0 Å². The van der Waals surface area contributed by atoms with Crippen molar-refractivity contribution >= 4 is 51.6 Å². The number of aliphatic imine (C=N–C) groups is 1. The van der Waals surface area contributed by atoms with E-state index in [1.807, 2.05) is 11.8 Å². The Morgan fingerprint density at radius 2 is 1.46 bits per heavy atom. The average molecular weight is 663 g/mol. The van der Waals surface area contributed by atoms with E-state index in [0.717, 1.165) is 29.3 Å². The molecule has 5 aromatic carbocycles. The highest BCUT2D eigenvalue weighted by Crippen LogP contribution is 2.62. The maximum absolute atomic E-state index is 5.14. The van der Waals surface area contributed by atoms with E-state index in [0.29, 0.717) is 5.92 Å². The minimum atomic E-state index is -0.285. The summed E-state index contributed by atoms with van der Waals surface area (Å²) in [6.07, 6.45) is 12.5. The Bertz CT molecular complexity index is 2400. The molecule has 0 N–H and O–H groups in total. The third kappa shape index (κ3) is 4.31. The number of hydrogen-bond acceptors (Lipinski definition) is 3. The fourth-order valence-electron chi connectivity index (χ4n) is 8.50. The molecule has 0 aromatic heterocycles. The van der Waals surface area contributed by atoms with E-state index in [4.69, 9.17) is 4.99 Å². The minimum Gasteiger partial charge on any atom is -0.329 e. The molecule has 50 heavy (non-hydrogen) atoms. The molecule has 240 valence electrons. The first-order valence-electron chi connectivity index (χ1n) is 17.6. The molecule has 3 aliphatic heterocycles. The summed E-state index contributed by atoms with van der Waals surface area (Å²) in [7, 11) is 0. The SMILES string of the molecule is CC1CC=CC=C1C1=NC(c2ccccc2)=[N+]1c1ccc(N2c3cc(-c4ccccc4)ccc3C3=CC=C4c5ccccc5SC4C32C)cc1. The number of amidine groups is 2. The van der Waals surface area contributed by atoms with Crippen LogP contribution in [-0.4, -0.2) is 27.0 Å². The van der Waals surface area contributed by atoms with Crippen LogP contribution in [0.1, 0.15) is 37.0 Å². The predicted molar refractivity (Wildman–Crippen MR) is 210 cm³/mol. The Balaban J connectivity index is 1.11. The topological polar surface area (TPSA) is 18.6 Å². The van der Waals surface area contributed by atoms with Crippen LogP contribution in [0.3, 0.4) is 0 Å². The lowest BCUT2D eigenvalue weighted by atomic mass is 9.78. The molecule has 0 bridgehead atoms. The number of nitrogens with zero attached hydrogens (tertiary/aromatic N) is 3. The standard InChI is InChI=1S/C46H36N3S/c1-30-13-9-10-18-36(30)45-47-44(32-16-7-4-8-17-32)48(45)34-22-24-35(25-23-34)49-41-29-33(31-14-5-3-6-15-31)21-26-39(41)40-28-27-38-37-19-11-12-20-42(37)50-43(38)46(40,49)2/h3-12,14-30,43H,13H2,1-2H3/q+1. The quantitative estimate of drug-likeness (QED) is 0.174. The fourth-order valence-corrected chi connectivity index (χ4v) is 10.0. The van der Waals surface area contributed by atoms with Crippen LogP contribution in [0.5, 0.6) is 0 Å². The summed E-state index contributed by atoms with van der Waals surface area (Å²) in [5.41, 5.74) is 13.7. The highest BCUT2D eigenvalue weighted by molar-refractivity contribution is 8.01. The summed E-state index contributed by atoms with van der Waals surface area (Å²) >= 11 is 2.01. The van der Waals surface area contributed by atoms with E-state index in [2.05, 4.69) is 181 Å². The van der Waals surface area contributed by atoms with Crippen molar-refractivity contribution in [1.29, 1.82) is 0 Å². The highest BCUT2D eigenvalue weighted by Gasteiger charge is 2.55. The van der Waals surface area contributed by atoms with Gasteiger partial charge in [-0.3, -0.25) is 0 Å². The molecular weight excluding hydrogens is 627 g/mol. The van der Waals surface area contributed by atoms with Crippen LogP contribution in [0.25, 0.3) is 22.3 Å². The number of benzene rings is 5. The number of thioether (sulfide) groups is 1. The average Bonchev–Trinajstić information content (AvgIpc) is 3.66. The molecule has 5 aliphatic rings. The van der Waals surface area contributed by atoms with Crippen molar-refractivity contribution in [3.63, 3.8) is 0 Å². The van der Waals surface area contributed by atoms with E-state index in [1.54, 1.807) is 0 Å². The monoisotopic (exact) mass is 662 g/mol. The molecule has 10 rings (SSSR count). The molecule has 0 saturated carbocycles. The maximum Gasteiger partial charge on any atom is 0.279 e. The first kappa shape index (κ1) is 29.5. The molecule has 0 saturated heterocycles. The molecule has 0 spiro atoms. The number of fused-ring (bicyclic) bond motifs is 7. The second-order valence-corrected chi connectivity index (χ2v) is 15.1. The summed E-state index contributed by atoms with van der Waals surface area (Å²) in [6.45, 7) is 4.75. The van der Waals surface area contributed by atoms with Gasteiger partial charge in [0, 0.05) is 21.7 Å². The molecule has 3 heterocycles. The Labute approximate surface area is 298 Å². The summed E-state index contributed by atoms with van der Waals surface area (Å²) in [5, 5.41) is 0.257. The van der Waals surface area contributed by atoms with Gasteiger partial charge >= 0.3 is 0 Å². The van der Waals surface area contributed by atoms with Crippen LogP contribution < -0.4 is 4.90 Å². The smallest absolute Gasteiger partial charge is 0.279 e. The maximum atomic E-state index is 5.14. The second kappa shape index (κ2) is 11.3. The molecule has 2 aliphatic carbocycles. The van der Waals surface area contributed by atoms with Crippen LogP contribution >= 0.6 is 11.8 Å². The molecule has 0 radical (unpaired) electrons. The molecule has 4 heteroatoms. The van der Waals surface area contributed by atoms with Gasteiger partial charge in [-0.15, -0.1) is 11.8 Å². The summed E-state index contributed by atoms with van der Waals surface area (Å²) < 4.78 is 2.35. The molecule has 3 atom stereocenters. The zero-order valence-corrected chi connectivity index (χ0v) is 28.9. The first-order chi connectivity index (χ1) is 24.6. The molecular formula is C46H36N3S+. The lowest BCUT2D eigenvalue weighted by molar-refractivity contribution is -0.320. The van der Waals surface area contributed by atoms with Crippen LogP contribution in [0, 0.1) is 5.92 Å². The fraction of sp³-hybridized carbons (Fsp3) is 0.130. The van der Waals surface area contributed by atoms with Gasteiger partial charge in [-0.1, -0.05) is 121 Å². The van der Waals surface area contributed by atoms with E-state index in [1.165, 1.54) is 55.2 Å². The Hall–Kier alpha value is -5.45. The zero-order valence-electron chi connectivity index (χ0n) is 28.1. The minimum absolute atomic E-state index is 0.257. The van der Waals surface area contributed by atoms with Crippen molar-refractivity contribution < 1.29 is 4.58 Å². The van der Waals surface area contributed by atoms with Crippen LogP contribution in [0.4, 0.5) is 17.1 Å². The number of allylic oxidation sites excluding steroid dienone is 5. The van der Waals surface area contributed by atoms with Crippen molar-refractivity contribution in [1.82, 2.24) is 0 Å². The van der Waals surface area contributed by atoms with Gasteiger partial charge in [0.05, 0.1) is 22.0 Å². The molecule has 0 fully saturated rings. The van der Waals surface area contributed by atoms with Gasteiger partial charge in [-0.25, -0.2) is 0 Å².